The molecule has 1 amide bonds. The molecule has 0 radical (unpaired) electrons. The van der Waals surface area contributed by atoms with E-state index in [0.717, 1.165) is 12.2 Å². The van der Waals surface area contributed by atoms with Gasteiger partial charge in [-0.05, 0) is 24.5 Å². The van der Waals surface area contributed by atoms with E-state index in [1.807, 2.05) is 11.6 Å². The van der Waals surface area contributed by atoms with Crippen LogP contribution in [0.1, 0.15) is 53.1 Å². The highest BCUT2D eigenvalue weighted by Gasteiger charge is 2.17. The van der Waals surface area contributed by atoms with Gasteiger partial charge in [0.25, 0.3) is 5.91 Å². The Balaban J connectivity index is 2.05. The second-order valence-corrected chi connectivity index (χ2v) is 5.69. The molecule has 2 N–H and O–H groups in total. The van der Waals surface area contributed by atoms with Crippen LogP contribution in [0.15, 0.2) is 22.7 Å². The first-order valence-electron chi connectivity index (χ1n) is 7.57. The van der Waals surface area contributed by atoms with Crippen molar-refractivity contribution in [2.45, 2.75) is 40.3 Å². The molecule has 0 saturated heterocycles. The summed E-state index contributed by atoms with van der Waals surface area (Å²) >= 11 is 0. The van der Waals surface area contributed by atoms with Gasteiger partial charge in [-0.2, -0.15) is 5.10 Å². The lowest BCUT2D eigenvalue weighted by Crippen LogP contribution is -2.23. The molecule has 0 aliphatic carbocycles. The first-order valence-corrected chi connectivity index (χ1v) is 7.57. The molecule has 2 aromatic heterocycles. The van der Waals surface area contributed by atoms with Crippen LogP contribution in [0.2, 0.25) is 0 Å². The van der Waals surface area contributed by atoms with Crippen LogP contribution in [0.4, 0.5) is 0 Å². The van der Waals surface area contributed by atoms with Crippen molar-refractivity contribution in [3.05, 3.63) is 41.1 Å². The number of nitrogens with zero attached hydrogens (tertiary/aromatic N) is 2. The number of hydrogen-bond donors (Lipinski definition) is 2. The monoisotopic (exact) mass is 319 g/mol. The number of carbonyl (C=O) groups excluding carboxylic acids is 1. The molecule has 2 rings (SSSR count). The van der Waals surface area contributed by atoms with Gasteiger partial charge in [0.15, 0.2) is 0 Å². The molecule has 2 aromatic rings. The van der Waals surface area contributed by atoms with Crippen molar-refractivity contribution in [1.82, 2.24) is 15.1 Å². The van der Waals surface area contributed by atoms with Crippen molar-refractivity contribution in [1.29, 1.82) is 0 Å². The maximum absolute atomic E-state index is 12.3. The zero-order valence-corrected chi connectivity index (χ0v) is 13.5. The Labute approximate surface area is 134 Å². The largest absolute Gasteiger partial charge is 0.475 e. The molecule has 0 unspecified atom stereocenters. The fourth-order valence-corrected chi connectivity index (χ4v) is 2.33. The highest BCUT2D eigenvalue weighted by atomic mass is 16.4. The lowest BCUT2D eigenvalue weighted by atomic mass is 10.1. The topological polar surface area (TPSA) is 97.4 Å². The maximum Gasteiger partial charge on any atom is 0.371 e. The molecular formula is C16H21N3O4. The van der Waals surface area contributed by atoms with E-state index in [-0.39, 0.29) is 18.2 Å². The van der Waals surface area contributed by atoms with Crippen LogP contribution in [0, 0.1) is 5.92 Å². The van der Waals surface area contributed by atoms with Crippen molar-refractivity contribution in [2.24, 2.45) is 5.92 Å². The molecule has 0 aromatic carbocycles. The Kier molecular flexibility index (Phi) is 5.20. The predicted octanol–water partition coefficient (Wildman–Crippen LogP) is 2.32. The van der Waals surface area contributed by atoms with Gasteiger partial charge in [0.1, 0.15) is 5.76 Å². The fourth-order valence-electron chi connectivity index (χ4n) is 2.33. The van der Waals surface area contributed by atoms with Crippen molar-refractivity contribution in [3.63, 3.8) is 0 Å². The Hall–Kier alpha value is -2.57. The van der Waals surface area contributed by atoms with Gasteiger partial charge in [-0.1, -0.05) is 20.8 Å². The second-order valence-electron chi connectivity index (χ2n) is 5.69. The minimum atomic E-state index is -1.13. The van der Waals surface area contributed by atoms with Gasteiger partial charge in [0, 0.05) is 6.54 Å². The molecule has 0 aliphatic rings. The summed E-state index contributed by atoms with van der Waals surface area (Å²) in [5, 5.41) is 15.8. The van der Waals surface area contributed by atoms with E-state index in [9.17, 15) is 9.59 Å². The van der Waals surface area contributed by atoms with Gasteiger partial charge in [-0.15, -0.1) is 0 Å². The van der Waals surface area contributed by atoms with Crippen molar-refractivity contribution in [2.75, 3.05) is 0 Å². The number of aromatic nitrogens is 2. The number of amides is 1. The van der Waals surface area contributed by atoms with Gasteiger partial charge < -0.3 is 14.8 Å². The molecule has 124 valence electrons. The van der Waals surface area contributed by atoms with Crippen LogP contribution < -0.4 is 5.32 Å². The molecule has 0 saturated carbocycles. The van der Waals surface area contributed by atoms with E-state index >= 15 is 0 Å². The van der Waals surface area contributed by atoms with Crippen LogP contribution in [0.3, 0.4) is 0 Å². The molecule has 0 bridgehead atoms. The lowest BCUT2D eigenvalue weighted by molar-refractivity contribution is 0.0660. The van der Waals surface area contributed by atoms with Gasteiger partial charge >= 0.3 is 5.97 Å². The minimum Gasteiger partial charge on any atom is -0.475 e. The van der Waals surface area contributed by atoms with Crippen LogP contribution in [-0.2, 0) is 19.5 Å². The Morgan fingerprint density at radius 3 is 2.70 bits per heavy atom. The quantitative estimate of drug-likeness (QED) is 0.816. The van der Waals surface area contributed by atoms with Gasteiger partial charge in [0.2, 0.25) is 5.76 Å². The van der Waals surface area contributed by atoms with E-state index < -0.39 is 5.97 Å². The Morgan fingerprint density at radius 1 is 1.39 bits per heavy atom. The SMILES string of the molecule is CCc1c(C(=O)NCc2ccc(C(=O)O)o2)cnn1CC(C)C. The third-order valence-corrected chi connectivity index (χ3v) is 3.36. The van der Waals surface area contributed by atoms with Crippen molar-refractivity contribution < 1.29 is 19.1 Å². The van der Waals surface area contributed by atoms with Crippen LogP contribution in [0.5, 0.6) is 0 Å². The third-order valence-electron chi connectivity index (χ3n) is 3.36. The normalized spacial score (nSPS) is 11.0. The molecule has 0 aliphatic heterocycles. The molecule has 7 heteroatoms. The van der Waals surface area contributed by atoms with Crippen molar-refractivity contribution in [3.8, 4) is 0 Å². The first kappa shape index (κ1) is 16.8. The summed E-state index contributed by atoms with van der Waals surface area (Å²) in [6.45, 7) is 7.06. The second kappa shape index (κ2) is 7.13. The van der Waals surface area contributed by atoms with E-state index in [1.54, 1.807) is 6.20 Å². The van der Waals surface area contributed by atoms with Gasteiger partial charge in [-0.25, -0.2) is 4.79 Å². The summed E-state index contributed by atoms with van der Waals surface area (Å²) in [5.41, 5.74) is 1.43. The number of nitrogens with one attached hydrogen (secondary N) is 1. The highest BCUT2D eigenvalue weighted by Crippen LogP contribution is 2.13. The van der Waals surface area contributed by atoms with E-state index in [1.165, 1.54) is 12.1 Å². The third kappa shape index (κ3) is 4.00. The van der Waals surface area contributed by atoms with E-state index in [2.05, 4.69) is 24.3 Å². The Morgan fingerprint density at radius 2 is 2.13 bits per heavy atom. The number of aromatic carboxylic acids is 1. The maximum atomic E-state index is 12.3. The zero-order chi connectivity index (χ0) is 17.0. The summed E-state index contributed by atoms with van der Waals surface area (Å²) in [7, 11) is 0. The molecule has 0 spiro atoms. The Bertz CT molecular complexity index is 700. The molecule has 0 atom stereocenters. The number of carboxylic acids is 1. The zero-order valence-electron chi connectivity index (χ0n) is 13.5. The van der Waals surface area contributed by atoms with Crippen molar-refractivity contribution >= 4 is 11.9 Å². The van der Waals surface area contributed by atoms with E-state index in [4.69, 9.17) is 9.52 Å². The van der Waals surface area contributed by atoms with Gasteiger partial charge in [-0.3, -0.25) is 9.48 Å². The number of rotatable bonds is 7. The average molecular weight is 319 g/mol. The molecule has 23 heavy (non-hydrogen) atoms. The minimum absolute atomic E-state index is 0.130. The molecule has 2 heterocycles. The predicted molar refractivity (Wildman–Crippen MR) is 83.3 cm³/mol. The molecule has 7 nitrogen and oxygen atoms in total. The summed E-state index contributed by atoms with van der Waals surface area (Å²) < 4.78 is 6.97. The first-order chi connectivity index (χ1) is 10.9. The fraction of sp³-hybridized carbons (Fsp3) is 0.438. The molecule has 0 fully saturated rings. The standard InChI is InChI=1S/C16H21N3O4/c1-4-13-12(8-18-19(13)9-10(2)3)15(20)17-7-11-5-6-14(23-11)16(21)22/h5-6,8,10H,4,7,9H2,1-3H3,(H,17,20)(H,21,22). The highest BCUT2D eigenvalue weighted by molar-refractivity contribution is 5.95. The summed E-state index contributed by atoms with van der Waals surface area (Å²) in [4.78, 5) is 23.1. The lowest BCUT2D eigenvalue weighted by Gasteiger charge is -2.10. The van der Waals surface area contributed by atoms with Crippen LogP contribution in [-0.4, -0.2) is 26.8 Å². The number of carbonyl (C=O) groups is 2. The van der Waals surface area contributed by atoms with Crippen LogP contribution >= 0.6 is 0 Å². The van der Waals surface area contributed by atoms with Crippen LogP contribution in [0.25, 0.3) is 0 Å². The summed E-state index contributed by atoms with van der Waals surface area (Å²) in [5.74, 6) is -0.693. The van der Waals surface area contributed by atoms with Gasteiger partial charge in [0.05, 0.1) is 24.0 Å². The average Bonchev–Trinajstić information content (AvgIpc) is 3.10. The summed E-state index contributed by atoms with van der Waals surface area (Å²) in [6.07, 6.45) is 2.28. The van der Waals surface area contributed by atoms with E-state index in [0.29, 0.717) is 23.7 Å². The molecular weight excluding hydrogens is 298 g/mol. The summed E-state index contributed by atoms with van der Waals surface area (Å²) in [6, 6.07) is 2.90. The smallest absolute Gasteiger partial charge is 0.371 e. The number of furan rings is 1. The number of hydrogen-bond acceptors (Lipinski definition) is 4. The number of carboxylic acid groups (broad SMARTS) is 1.